The number of aromatic nitrogens is 2. The van der Waals surface area contributed by atoms with E-state index >= 15 is 0 Å². The van der Waals surface area contributed by atoms with Crippen molar-refractivity contribution in [3.8, 4) is 0 Å². The SMILES string of the molecule is Cn1c(C(F)(F)F)nc2ccc(C=C3SC(Nc4c(Cl)cccc4Cl)=NC3=O)cc21. The Bertz CT molecular complexity index is 1230. The fourth-order valence-electron chi connectivity index (χ4n) is 2.89. The molecule has 0 radical (unpaired) electrons. The first-order valence-electron chi connectivity index (χ1n) is 8.41. The van der Waals surface area contributed by atoms with Gasteiger partial charge in [0, 0.05) is 7.05 Å². The highest BCUT2D eigenvalue weighted by molar-refractivity contribution is 8.18. The van der Waals surface area contributed by atoms with E-state index < -0.39 is 17.9 Å². The van der Waals surface area contributed by atoms with Crippen LogP contribution in [0.25, 0.3) is 17.1 Å². The number of rotatable bonds is 2. The molecule has 2 aromatic carbocycles. The molecule has 5 nitrogen and oxygen atoms in total. The predicted octanol–water partition coefficient (Wildman–Crippen LogP) is 5.98. The number of aliphatic imine (C=N–C) groups is 1. The van der Waals surface area contributed by atoms with Crippen molar-refractivity contribution in [3.05, 3.63) is 62.7 Å². The highest BCUT2D eigenvalue weighted by Gasteiger charge is 2.36. The first-order valence-corrected chi connectivity index (χ1v) is 9.98. The molecule has 0 spiro atoms. The Labute approximate surface area is 182 Å². The molecule has 4 rings (SSSR count). The minimum Gasteiger partial charge on any atom is -0.332 e. The van der Waals surface area contributed by atoms with Gasteiger partial charge in [0.15, 0.2) is 5.17 Å². The van der Waals surface area contributed by atoms with Crippen LogP contribution in [0.15, 0.2) is 46.3 Å². The number of benzene rings is 2. The van der Waals surface area contributed by atoms with Gasteiger partial charge in [-0.3, -0.25) is 4.79 Å². The third-order valence-corrected chi connectivity index (χ3v) is 5.80. The molecule has 1 aromatic heterocycles. The number of para-hydroxylation sites is 1. The zero-order chi connectivity index (χ0) is 21.6. The molecule has 3 aromatic rings. The van der Waals surface area contributed by atoms with Crippen molar-refractivity contribution in [1.29, 1.82) is 0 Å². The summed E-state index contributed by atoms with van der Waals surface area (Å²) >= 11 is 13.3. The molecule has 1 aliphatic heterocycles. The zero-order valence-electron chi connectivity index (χ0n) is 15.1. The first-order chi connectivity index (χ1) is 14.1. The number of amidine groups is 1. The molecule has 0 fully saturated rings. The number of thioether (sulfide) groups is 1. The van der Waals surface area contributed by atoms with Crippen LogP contribution in [0, 0.1) is 0 Å². The molecular formula is C19H11Cl2F3N4OS. The number of carbonyl (C=O) groups excluding carboxylic acids is 1. The highest BCUT2D eigenvalue weighted by Crippen LogP contribution is 2.35. The molecule has 1 aliphatic rings. The largest absolute Gasteiger partial charge is 0.449 e. The molecule has 0 atom stereocenters. The minimum absolute atomic E-state index is 0.212. The minimum atomic E-state index is -4.56. The molecule has 1 amide bonds. The lowest BCUT2D eigenvalue weighted by molar-refractivity contribution is -0.146. The number of aryl methyl sites for hydroxylation is 1. The van der Waals surface area contributed by atoms with Crippen LogP contribution in [-0.4, -0.2) is 20.6 Å². The summed E-state index contributed by atoms with van der Waals surface area (Å²) in [4.78, 5) is 20.1. The van der Waals surface area contributed by atoms with Crippen molar-refractivity contribution in [2.45, 2.75) is 6.18 Å². The van der Waals surface area contributed by atoms with Crippen LogP contribution >= 0.6 is 35.0 Å². The van der Waals surface area contributed by atoms with Gasteiger partial charge in [-0.15, -0.1) is 0 Å². The third kappa shape index (κ3) is 3.92. The van der Waals surface area contributed by atoms with Gasteiger partial charge in [-0.25, -0.2) is 4.98 Å². The summed E-state index contributed by atoms with van der Waals surface area (Å²) in [5.41, 5.74) is 1.48. The van der Waals surface area contributed by atoms with E-state index in [2.05, 4.69) is 15.3 Å². The van der Waals surface area contributed by atoms with Gasteiger partial charge < -0.3 is 9.88 Å². The molecule has 154 valence electrons. The molecule has 0 saturated carbocycles. The van der Waals surface area contributed by atoms with Gasteiger partial charge in [-0.1, -0.05) is 35.3 Å². The highest BCUT2D eigenvalue weighted by atomic mass is 35.5. The van der Waals surface area contributed by atoms with Crippen molar-refractivity contribution in [2.24, 2.45) is 12.0 Å². The van der Waals surface area contributed by atoms with Crippen LogP contribution in [0.5, 0.6) is 0 Å². The number of anilines is 1. The lowest BCUT2D eigenvalue weighted by atomic mass is 10.2. The molecule has 2 heterocycles. The number of nitrogens with one attached hydrogen (secondary N) is 1. The summed E-state index contributed by atoms with van der Waals surface area (Å²) in [5, 5.41) is 3.97. The number of imidazole rings is 1. The van der Waals surface area contributed by atoms with E-state index in [1.807, 2.05) is 0 Å². The number of fused-ring (bicyclic) bond motifs is 1. The van der Waals surface area contributed by atoms with E-state index in [4.69, 9.17) is 23.2 Å². The van der Waals surface area contributed by atoms with Gasteiger partial charge in [0.1, 0.15) is 0 Å². The van der Waals surface area contributed by atoms with E-state index in [9.17, 15) is 18.0 Å². The van der Waals surface area contributed by atoms with Crippen LogP contribution in [-0.2, 0) is 18.0 Å². The second-order valence-electron chi connectivity index (χ2n) is 6.29. The maximum absolute atomic E-state index is 13.1. The fourth-order valence-corrected chi connectivity index (χ4v) is 4.20. The number of hydrogen-bond donors (Lipinski definition) is 1. The summed E-state index contributed by atoms with van der Waals surface area (Å²) in [6, 6.07) is 9.58. The van der Waals surface area contributed by atoms with Crippen LogP contribution < -0.4 is 5.32 Å². The molecule has 0 bridgehead atoms. The van der Waals surface area contributed by atoms with Crippen LogP contribution in [0.1, 0.15) is 11.4 Å². The molecule has 30 heavy (non-hydrogen) atoms. The van der Waals surface area contributed by atoms with Gasteiger partial charge in [0.05, 0.1) is 31.7 Å². The summed E-state index contributed by atoms with van der Waals surface area (Å²) < 4.78 is 40.2. The quantitative estimate of drug-likeness (QED) is 0.467. The Morgan fingerprint density at radius 3 is 2.53 bits per heavy atom. The zero-order valence-corrected chi connectivity index (χ0v) is 17.4. The number of hydrogen-bond acceptors (Lipinski definition) is 4. The topological polar surface area (TPSA) is 59.3 Å². The number of alkyl halides is 3. The maximum Gasteiger partial charge on any atom is 0.449 e. The van der Waals surface area contributed by atoms with Gasteiger partial charge in [0.25, 0.3) is 5.91 Å². The van der Waals surface area contributed by atoms with Crippen molar-refractivity contribution in [1.82, 2.24) is 9.55 Å². The van der Waals surface area contributed by atoms with Crippen molar-refractivity contribution in [3.63, 3.8) is 0 Å². The van der Waals surface area contributed by atoms with E-state index in [-0.39, 0.29) is 5.52 Å². The van der Waals surface area contributed by atoms with Crippen molar-refractivity contribution in [2.75, 3.05) is 5.32 Å². The number of nitrogens with zero attached hydrogens (tertiary/aromatic N) is 3. The van der Waals surface area contributed by atoms with Gasteiger partial charge in [0.2, 0.25) is 5.82 Å². The molecule has 0 aliphatic carbocycles. The standard InChI is InChI=1S/C19H11Cl2F3N4OS/c1-28-13-7-9(5-6-12(13)25-17(28)19(22,23)24)8-14-16(29)27-18(30-14)26-15-10(20)3-2-4-11(15)21/h2-8H,1H3,(H,26,27,29). The van der Waals surface area contributed by atoms with Crippen LogP contribution in [0.2, 0.25) is 10.0 Å². The molecule has 0 unspecified atom stereocenters. The fraction of sp³-hybridized carbons (Fsp3) is 0.105. The van der Waals surface area contributed by atoms with E-state index in [0.717, 1.165) is 16.3 Å². The Hall–Kier alpha value is -2.49. The first kappa shape index (κ1) is 20.8. The maximum atomic E-state index is 13.1. The Kier molecular flexibility index (Phi) is 5.29. The monoisotopic (exact) mass is 470 g/mol. The summed E-state index contributed by atoms with van der Waals surface area (Å²) in [6.07, 6.45) is -3.00. The number of amides is 1. The second kappa shape index (κ2) is 7.64. The van der Waals surface area contributed by atoms with Crippen LogP contribution in [0.3, 0.4) is 0 Å². The lowest BCUT2D eigenvalue weighted by Gasteiger charge is -2.08. The number of halogens is 5. The number of carbonyl (C=O) groups is 1. The Morgan fingerprint density at radius 1 is 1.17 bits per heavy atom. The Morgan fingerprint density at radius 2 is 1.87 bits per heavy atom. The summed E-state index contributed by atoms with van der Waals surface area (Å²) in [6.45, 7) is 0. The average Bonchev–Trinajstić information content (AvgIpc) is 3.18. The average molecular weight is 471 g/mol. The normalized spacial score (nSPS) is 15.9. The van der Waals surface area contributed by atoms with Gasteiger partial charge in [-0.05, 0) is 47.7 Å². The molecule has 11 heteroatoms. The van der Waals surface area contributed by atoms with Crippen molar-refractivity contribution >= 4 is 68.8 Å². The van der Waals surface area contributed by atoms with Gasteiger partial charge >= 0.3 is 6.18 Å². The van der Waals surface area contributed by atoms with Gasteiger partial charge in [-0.2, -0.15) is 18.2 Å². The van der Waals surface area contributed by atoms with E-state index in [1.165, 1.54) is 19.2 Å². The predicted molar refractivity (Wildman–Crippen MR) is 114 cm³/mol. The molecular weight excluding hydrogens is 460 g/mol. The summed E-state index contributed by atoms with van der Waals surface area (Å²) in [7, 11) is 1.29. The Balaban J connectivity index is 1.61. The molecule has 0 saturated heterocycles. The third-order valence-electron chi connectivity index (χ3n) is 4.27. The van der Waals surface area contributed by atoms with Crippen LogP contribution in [0.4, 0.5) is 18.9 Å². The molecule has 1 N–H and O–H groups in total. The second-order valence-corrected chi connectivity index (χ2v) is 8.14. The smallest absolute Gasteiger partial charge is 0.332 e. The van der Waals surface area contributed by atoms with E-state index in [0.29, 0.717) is 36.9 Å². The van der Waals surface area contributed by atoms with Crippen molar-refractivity contribution < 1.29 is 18.0 Å². The lowest BCUT2D eigenvalue weighted by Crippen LogP contribution is -2.12. The van der Waals surface area contributed by atoms with E-state index in [1.54, 1.807) is 30.3 Å². The summed E-state index contributed by atoms with van der Waals surface area (Å²) in [5.74, 6) is -1.47.